The van der Waals surface area contributed by atoms with Gasteiger partial charge >= 0.3 is 0 Å². The normalized spacial score (nSPS) is 17.5. The molecular weight excluding hydrogens is 690 g/mol. The molecule has 10 heteroatoms. The molecule has 4 aromatic rings. The number of benzene rings is 4. The maximum atomic E-state index is 14.4. The first kappa shape index (κ1) is 31.7. The third-order valence-electron chi connectivity index (χ3n) is 7.31. The Kier molecular flexibility index (Phi) is 10.7. The lowest BCUT2D eigenvalue weighted by atomic mass is 9.82. The first-order valence-corrected chi connectivity index (χ1v) is 15.8. The van der Waals surface area contributed by atoms with Gasteiger partial charge in [0.2, 0.25) is 5.90 Å². The highest BCUT2D eigenvalue weighted by Gasteiger charge is 2.54. The number of halogens is 2. The molecule has 5 rings (SSSR count). The highest BCUT2D eigenvalue weighted by atomic mass is 79.9. The minimum Gasteiger partial charge on any atom is -0.496 e. The zero-order valence-corrected chi connectivity index (χ0v) is 27.3. The Labute approximate surface area is 273 Å². The molecule has 1 amide bonds. The van der Waals surface area contributed by atoms with Crippen molar-refractivity contribution in [2.45, 2.75) is 31.0 Å². The minimum atomic E-state index is -1.38. The van der Waals surface area contributed by atoms with E-state index < -0.39 is 11.6 Å². The number of amides is 1. The zero-order chi connectivity index (χ0) is 30.9. The van der Waals surface area contributed by atoms with Gasteiger partial charge in [0.1, 0.15) is 11.5 Å². The summed E-state index contributed by atoms with van der Waals surface area (Å²) in [6, 6.07) is 30.5. The highest BCUT2D eigenvalue weighted by molar-refractivity contribution is 9.10. The van der Waals surface area contributed by atoms with Crippen LogP contribution in [-0.4, -0.2) is 42.8 Å². The van der Waals surface area contributed by atoms with Crippen molar-refractivity contribution in [3.05, 3.63) is 128 Å². The Hall–Kier alpha value is -3.70. The van der Waals surface area contributed by atoms with Crippen LogP contribution in [0.4, 0.5) is 0 Å². The van der Waals surface area contributed by atoms with Crippen molar-refractivity contribution in [3.8, 4) is 11.5 Å². The Morgan fingerprint density at radius 2 is 1.61 bits per heavy atom. The Morgan fingerprint density at radius 1 is 0.932 bits per heavy atom. The van der Waals surface area contributed by atoms with Gasteiger partial charge in [-0.2, -0.15) is 0 Å². The van der Waals surface area contributed by atoms with Crippen LogP contribution in [0.2, 0.25) is 0 Å². The lowest BCUT2D eigenvalue weighted by Gasteiger charge is -2.31. The Bertz CT molecular complexity index is 1610. The summed E-state index contributed by atoms with van der Waals surface area (Å²) in [6.45, 7) is 0.818. The van der Waals surface area contributed by atoms with Crippen LogP contribution >= 0.6 is 31.9 Å². The molecule has 8 nitrogen and oxygen atoms in total. The third-order valence-corrected chi connectivity index (χ3v) is 8.80. The second kappa shape index (κ2) is 14.9. The minimum absolute atomic E-state index is 0.0641. The summed E-state index contributed by atoms with van der Waals surface area (Å²) in [5, 5.41) is 9.06. The van der Waals surface area contributed by atoms with Crippen LogP contribution < -0.4 is 20.3 Å². The van der Waals surface area contributed by atoms with Gasteiger partial charge in [0.15, 0.2) is 11.6 Å². The number of para-hydroxylation sites is 1. The van der Waals surface area contributed by atoms with E-state index in [0.717, 1.165) is 31.4 Å². The van der Waals surface area contributed by atoms with E-state index in [0.29, 0.717) is 36.8 Å². The predicted octanol–water partition coefficient (Wildman–Crippen LogP) is 6.30. The Balaban J connectivity index is 1.53. The molecule has 1 aliphatic heterocycles. The number of carbonyl (C=O) groups is 1. The smallest absolute Gasteiger partial charge is 0.266 e. The summed E-state index contributed by atoms with van der Waals surface area (Å²) in [4.78, 5) is 19.5. The SMILES string of the molecule is COc1ccccc1CNNC(=O)[C@@]1(Cc2ccccc2Br)N=C(c2ccc(OCCCO)cc2)O[C@H]1c1ccccc1Br. The second-order valence-electron chi connectivity index (χ2n) is 10.2. The number of nitrogens with zero attached hydrogens (tertiary/aromatic N) is 1. The molecule has 0 aliphatic carbocycles. The molecule has 0 saturated carbocycles. The topological polar surface area (TPSA) is 101 Å². The summed E-state index contributed by atoms with van der Waals surface area (Å²) < 4.78 is 19.5. The molecule has 0 bridgehead atoms. The fraction of sp³-hybridized carbons (Fsp3) is 0.235. The van der Waals surface area contributed by atoms with E-state index in [9.17, 15) is 4.79 Å². The lowest BCUT2D eigenvalue weighted by molar-refractivity contribution is -0.130. The maximum absolute atomic E-state index is 14.4. The number of rotatable bonds is 13. The summed E-state index contributed by atoms with van der Waals surface area (Å²) in [5.74, 6) is 1.39. The number of hydrazine groups is 1. The van der Waals surface area contributed by atoms with Gasteiger partial charge < -0.3 is 19.3 Å². The van der Waals surface area contributed by atoms with Crippen LogP contribution in [0.1, 0.15) is 34.8 Å². The van der Waals surface area contributed by atoms with Crippen molar-refractivity contribution in [2.24, 2.45) is 4.99 Å². The van der Waals surface area contributed by atoms with Crippen LogP contribution in [0, 0.1) is 0 Å². The highest BCUT2D eigenvalue weighted by Crippen LogP contribution is 2.45. The van der Waals surface area contributed by atoms with Gasteiger partial charge in [0.25, 0.3) is 5.91 Å². The van der Waals surface area contributed by atoms with E-state index in [-0.39, 0.29) is 18.9 Å². The first-order valence-electron chi connectivity index (χ1n) is 14.2. The largest absolute Gasteiger partial charge is 0.496 e. The second-order valence-corrected chi connectivity index (χ2v) is 11.9. The number of carbonyl (C=O) groups excluding carboxylic acids is 1. The summed E-state index contributed by atoms with van der Waals surface area (Å²) in [7, 11) is 1.62. The van der Waals surface area contributed by atoms with Crippen LogP contribution in [0.15, 0.2) is 111 Å². The summed E-state index contributed by atoms with van der Waals surface area (Å²) in [5.41, 5.74) is 7.94. The quantitative estimate of drug-likeness (QED) is 0.111. The molecule has 3 N–H and O–H groups in total. The van der Waals surface area contributed by atoms with Gasteiger partial charge in [-0.05, 0) is 48.0 Å². The van der Waals surface area contributed by atoms with Gasteiger partial charge in [-0.15, -0.1) is 0 Å². The monoisotopic (exact) mass is 721 g/mol. The number of aliphatic hydroxyl groups excluding tert-OH is 1. The van der Waals surface area contributed by atoms with E-state index in [1.165, 1.54) is 0 Å². The van der Waals surface area contributed by atoms with Gasteiger partial charge in [-0.1, -0.05) is 86.5 Å². The van der Waals surface area contributed by atoms with Gasteiger partial charge in [-0.3, -0.25) is 10.2 Å². The van der Waals surface area contributed by atoms with Gasteiger partial charge in [0.05, 0.1) is 13.7 Å². The fourth-order valence-corrected chi connectivity index (χ4v) is 5.97. The van der Waals surface area contributed by atoms with E-state index >= 15 is 0 Å². The molecule has 228 valence electrons. The van der Waals surface area contributed by atoms with E-state index in [4.69, 9.17) is 24.3 Å². The maximum Gasteiger partial charge on any atom is 0.266 e. The number of aliphatic hydroxyl groups is 1. The molecule has 0 spiro atoms. The van der Waals surface area contributed by atoms with Crippen LogP contribution in [0.5, 0.6) is 11.5 Å². The van der Waals surface area contributed by atoms with Crippen LogP contribution in [0.3, 0.4) is 0 Å². The van der Waals surface area contributed by atoms with Crippen molar-refractivity contribution < 1.29 is 24.1 Å². The fourth-order valence-electron chi connectivity index (χ4n) is 5.06. The molecule has 0 fully saturated rings. The van der Waals surface area contributed by atoms with Crippen molar-refractivity contribution in [1.29, 1.82) is 0 Å². The number of ether oxygens (including phenoxy) is 3. The molecule has 0 unspecified atom stereocenters. The molecule has 0 radical (unpaired) electrons. The molecule has 0 saturated heterocycles. The van der Waals surface area contributed by atoms with E-state index in [1.807, 2.05) is 97.1 Å². The van der Waals surface area contributed by atoms with Gasteiger partial charge in [0, 0.05) is 51.6 Å². The summed E-state index contributed by atoms with van der Waals surface area (Å²) in [6.07, 6.45) is 0.0472. The number of nitrogens with one attached hydrogen (secondary N) is 2. The number of aliphatic imine (C=N–C) groups is 1. The molecule has 4 aromatic carbocycles. The van der Waals surface area contributed by atoms with Crippen molar-refractivity contribution in [1.82, 2.24) is 10.9 Å². The average molecular weight is 723 g/mol. The molecule has 1 heterocycles. The summed E-state index contributed by atoms with van der Waals surface area (Å²) >= 11 is 7.36. The van der Waals surface area contributed by atoms with Gasteiger partial charge in [-0.25, -0.2) is 10.4 Å². The number of hydrogen-bond acceptors (Lipinski definition) is 7. The molecule has 2 atom stereocenters. The molecule has 0 aromatic heterocycles. The van der Waals surface area contributed by atoms with Crippen LogP contribution in [-0.2, 0) is 22.5 Å². The Morgan fingerprint density at radius 3 is 2.32 bits per heavy atom. The molecular formula is C34H33Br2N3O5. The lowest BCUT2D eigenvalue weighted by Crippen LogP contribution is -2.53. The van der Waals surface area contributed by atoms with Crippen molar-refractivity contribution in [2.75, 3.05) is 20.3 Å². The number of methoxy groups -OCH3 is 1. The number of hydrogen-bond donors (Lipinski definition) is 3. The molecule has 44 heavy (non-hydrogen) atoms. The first-order chi connectivity index (χ1) is 21.4. The van der Waals surface area contributed by atoms with E-state index in [1.54, 1.807) is 7.11 Å². The predicted molar refractivity (Wildman–Crippen MR) is 177 cm³/mol. The zero-order valence-electron chi connectivity index (χ0n) is 24.1. The van der Waals surface area contributed by atoms with Crippen LogP contribution in [0.25, 0.3) is 0 Å². The standard InChI is InChI=1S/C34H33Br2N3O5/c1-42-30-14-7-3-10-25(30)22-37-39-33(41)34(21-24-9-2-5-12-28(24)35)31(27-11-4-6-13-29(27)36)44-32(38-34)23-15-17-26(18-16-23)43-20-8-19-40/h2-7,9-18,31,37,40H,8,19-22H2,1H3,(H,39,41)/t31-,34-/m0/s1. The third kappa shape index (κ3) is 7.15. The van der Waals surface area contributed by atoms with Crippen molar-refractivity contribution >= 4 is 43.7 Å². The average Bonchev–Trinajstić information content (AvgIpc) is 3.43. The molecule has 1 aliphatic rings. The van der Waals surface area contributed by atoms with E-state index in [2.05, 4.69) is 42.7 Å². The van der Waals surface area contributed by atoms with Crippen molar-refractivity contribution in [3.63, 3.8) is 0 Å².